The molecule has 2 aromatic heterocycles. The number of rotatable bonds is 4. The van der Waals surface area contributed by atoms with E-state index in [-0.39, 0.29) is 9.63 Å². The van der Waals surface area contributed by atoms with Crippen molar-refractivity contribution in [3.8, 4) is 0 Å². The van der Waals surface area contributed by atoms with Crippen LogP contribution in [0, 0.1) is 0 Å². The number of halogens is 1. The van der Waals surface area contributed by atoms with Crippen LogP contribution in [0.2, 0.25) is 0 Å². The Balaban J connectivity index is 2.42. The lowest BCUT2D eigenvalue weighted by atomic mass is 10.3. The monoisotopic (exact) mass is 348 g/mol. The van der Waals surface area contributed by atoms with Crippen molar-refractivity contribution in [2.45, 2.75) is 18.4 Å². The summed E-state index contributed by atoms with van der Waals surface area (Å²) in [5.74, 6) is 0. The quantitative estimate of drug-likeness (QED) is 0.876. The minimum Gasteiger partial charge on any atom is -0.275 e. The molecule has 0 amide bonds. The van der Waals surface area contributed by atoms with Gasteiger partial charge in [0.15, 0.2) is 4.60 Å². The van der Waals surface area contributed by atoms with Gasteiger partial charge in [-0.25, -0.2) is 4.68 Å². The Bertz CT molecular complexity index is 685. The normalized spacial score (nSPS) is 11.8. The van der Waals surface area contributed by atoms with Gasteiger partial charge in [0.2, 0.25) is 5.03 Å². The molecule has 2 aromatic rings. The van der Waals surface area contributed by atoms with Crippen molar-refractivity contribution >= 4 is 31.6 Å². The number of aryl methyl sites for hydroxylation is 3. The van der Waals surface area contributed by atoms with E-state index >= 15 is 0 Å². The number of nitrogens with one attached hydrogen (secondary N) is 1. The molecule has 0 aliphatic carbocycles. The van der Waals surface area contributed by atoms with E-state index in [1.54, 1.807) is 17.9 Å². The van der Waals surface area contributed by atoms with Crippen molar-refractivity contribution in [2.75, 3.05) is 4.72 Å². The van der Waals surface area contributed by atoms with Crippen molar-refractivity contribution in [2.24, 2.45) is 14.1 Å². The van der Waals surface area contributed by atoms with Crippen LogP contribution in [0.15, 0.2) is 15.8 Å². The van der Waals surface area contributed by atoms with Gasteiger partial charge in [-0.05, 0) is 22.4 Å². The lowest BCUT2D eigenvalue weighted by Gasteiger charge is -2.07. The zero-order chi connectivity index (χ0) is 14.2. The molecular formula is C9H13BrN6O2S. The fraction of sp³-hybridized carbons (Fsp3) is 0.444. The standard InChI is InChI=1S/C9H13BrN6O2S/c1-4-6-7(5-15(2)12-6)13-19(17,18)9-8(10)11-14-16(9)3/h5,13H,4H2,1-3H3. The minimum absolute atomic E-state index is 0.0293. The molecule has 10 heteroatoms. The molecule has 0 aromatic carbocycles. The second kappa shape index (κ2) is 4.93. The summed E-state index contributed by atoms with van der Waals surface area (Å²) in [5, 5.41) is 11.5. The van der Waals surface area contributed by atoms with Crippen LogP contribution in [-0.4, -0.2) is 33.2 Å². The van der Waals surface area contributed by atoms with Crippen LogP contribution in [0.5, 0.6) is 0 Å². The van der Waals surface area contributed by atoms with Crippen molar-refractivity contribution in [3.05, 3.63) is 16.5 Å². The van der Waals surface area contributed by atoms with E-state index in [1.165, 1.54) is 11.7 Å². The highest BCUT2D eigenvalue weighted by Gasteiger charge is 2.25. The van der Waals surface area contributed by atoms with Crippen molar-refractivity contribution in [1.82, 2.24) is 24.8 Å². The van der Waals surface area contributed by atoms with Gasteiger partial charge in [0.25, 0.3) is 10.0 Å². The lowest BCUT2D eigenvalue weighted by molar-refractivity contribution is 0.578. The number of hydrogen-bond acceptors (Lipinski definition) is 5. The number of nitrogens with zero attached hydrogens (tertiary/aromatic N) is 5. The Morgan fingerprint density at radius 1 is 1.42 bits per heavy atom. The summed E-state index contributed by atoms with van der Waals surface area (Å²) in [6.45, 7) is 1.90. The third kappa shape index (κ3) is 2.63. The van der Waals surface area contributed by atoms with Crippen molar-refractivity contribution in [1.29, 1.82) is 0 Å². The Kier molecular flexibility index (Phi) is 3.63. The van der Waals surface area contributed by atoms with E-state index in [1.807, 2.05) is 6.92 Å². The summed E-state index contributed by atoms with van der Waals surface area (Å²) in [5.41, 5.74) is 1.13. The average Bonchev–Trinajstić information content (AvgIpc) is 2.81. The van der Waals surface area contributed by atoms with E-state index in [0.29, 0.717) is 17.8 Å². The maximum absolute atomic E-state index is 12.3. The van der Waals surface area contributed by atoms with Crippen LogP contribution in [-0.2, 0) is 30.5 Å². The number of sulfonamides is 1. The lowest BCUT2D eigenvalue weighted by Crippen LogP contribution is -2.17. The van der Waals surface area contributed by atoms with E-state index < -0.39 is 10.0 Å². The molecule has 0 fully saturated rings. The van der Waals surface area contributed by atoms with E-state index in [4.69, 9.17) is 0 Å². The Labute approximate surface area is 119 Å². The fourth-order valence-electron chi connectivity index (χ4n) is 1.68. The van der Waals surface area contributed by atoms with Crippen LogP contribution in [0.25, 0.3) is 0 Å². The molecule has 0 unspecified atom stereocenters. The predicted octanol–water partition coefficient (Wildman–Crippen LogP) is 0.674. The average molecular weight is 349 g/mol. The van der Waals surface area contributed by atoms with Crippen LogP contribution in [0.4, 0.5) is 5.69 Å². The molecule has 0 radical (unpaired) electrons. The van der Waals surface area contributed by atoms with Gasteiger partial charge in [-0.3, -0.25) is 9.40 Å². The largest absolute Gasteiger partial charge is 0.282 e. The Hall–Kier alpha value is -1.42. The molecule has 2 heterocycles. The van der Waals surface area contributed by atoms with Gasteiger partial charge < -0.3 is 0 Å². The van der Waals surface area contributed by atoms with Crippen molar-refractivity contribution in [3.63, 3.8) is 0 Å². The molecule has 0 bridgehead atoms. The number of aromatic nitrogens is 5. The first-order valence-corrected chi connectivity index (χ1v) is 7.73. The van der Waals surface area contributed by atoms with Gasteiger partial charge in [-0.1, -0.05) is 12.1 Å². The van der Waals surface area contributed by atoms with E-state index in [2.05, 4.69) is 36.1 Å². The first kappa shape index (κ1) is 14.0. The summed E-state index contributed by atoms with van der Waals surface area (Å²) in [7, 11) is -0.518. The molecule has 0 aliphatic heterocycles. The second-order valence-corrected chi connectivity index (χ2v) is 6.28. The Morgan fingerprint density at radius 3 is 2.63 bits per heavy atom. The topological polar surface area (TPSA) is 94.7 Å². The summed E-state index contributed by atoms with van der Waals surface area (Å²) in [6, 6.07) is 0. The summed E-state index contributed by atoms with van der Waals surface area (Å²) in [4.78, 5) is 0. The SMILES string of the molecule is CCc1nn(C)cc1NS(=O)(=O)c1c(Br)nnn1C. The van der Waals surface area contributed by atoms with Gasteiger partial charge in [-0.15, -0.1) is 5.10 Å². The fourth-order valence-corrected chi connectivity index (χ4v) is 3.85. The third-order valence-electron chi connectivity index (χ3n) is 2.48. The molecule has 0 saturated carbocycles. The highest BCUT2D eigenvalue weighted by Crippen LogP contribution is 2.23. The summed E-state index contributed by atoms with van der Waals surface area (Å²) >= 11 is 3.07. The maximum atomic E-state index is 12.3. The third-order valence-corrected chi connectivity index (χ3v) is 4.73. The first-order chi connectivity index (χ1) is 8.85. The van der Waals surface area contributed by atoms with Gasteiger partial charge in [0.1, 0.15) is 0 Å². The predicted molar refractivity (Wildman–Crippen MR) is 72.1 cm³/mol. The number of hydrogen-bond donors (Lipinski definition) is 1. The zero-order valence-corrected chi connectivity index (χ0v) is 13.0. The van der Waals surface area contributed by atoms with E-state index in [0.717, 1.165) is 0 Å². The number of anilines is 1. The van der Waals surface area contributed by atoms with Crippen LogP contribution in [0.3, 0.4) is 0 Å². The zero-order valence-electron chi connectivity index (χ0n) is 10.6. The first-order valence-electron chi connectivity index (χ1n) is 5.45. The summed E-state index contributed by atoms with van der Waals surface area (Å²) in [6.07, 6.45) is 2.25. The van der Waals surface area contributed by atoms with Gasteiger partial charge >= 0.3 is 0 Å². The highest BCUT2D eigenvalue weighted by atomic mass is 79.9. The molecule has 0 saturated heterocycles. The second-order valence-electron chi connectivity index (χ2n) is 3.93. The molecule has 0 aliphatic rings. The molecule has 8 nitrogen and oxygen atoms in total. The smallest absolute Gasteiger partial charge is 0.275 e. The molecule has 2 rings (SSSR count). The highest BCUT2D eigenvalue weighted by molar-refractivity contribution is 9.10. The minimum atomic E-state index is -3.76. The Morgan fingerprint density at radius 2 is 2.11 bits per heavy atom. The van der Waals surface area contributed by atoms with Gasteiger partial charge in [0.05, 0.1) is 11.4 Å². The van der Waals surface area contributed by atoms with E-state index in [9.17, 15) is 8.42 Å². The molecule has 0 atom stereocenters. The van der Waals surface area contributed by atoms with Crippen LogP contribution in [0.1, 0.15) is 12.6 Å². The molecule has 0 spiro atoms. The van der Waals surface area contributed by atoms with Crippen LogP contribution >= 0.6 is 15.9 Å². The summed E-state index contributed by atoms with van der Waals surface area (Å²) < 4.78 is 30.0. The molecule has 104 valence electrons. The van der Waals surface area contributed by atoms with Gasteiger partial charge in [0, 0.05) is 20.3 Å². The van der Waals surface area contributed by atoms with Crippen molar-refractivity contribution < 1.29 is 8.42 Å². The maximum Gasteiger partial charge on any atom is 0.282 e. The molecular weight excluding hydrogens is 336 g/mol. The van der Waals surface area contributed by atoms with Gasteiger partial charge in [-0.2, -0.15) is 13.5 Å². The molecule has 1 N–H and O–H groups in total. The molecule has 19 heavy (non-hydrogen) atoms. The van der Waals surface area contributed by atoms with Crippen LogP contribution < -0.4 is 4.72 Å².